The standard InChI is InChI=1S/C14H17F3N2O2/c1-9-8-21-10(2)7-19(9)13(20)18-12-6-4-3-5-11(12)14(15,16)17/h3-6,9-10H,7-8H2,1-2H3,(H,18,20)/t9-,10-/m0/s1. The van der Waals surface area contributed by atoms with Crippen LogP contribution in [0.1, 0.15) is 19.4 Å². The molecule has 2 atom stereocenters. The van der Waals surface area contributed by atoms with E-state index in [1.54, 1.807) is 6.92 Å². The van der Waals surface area contributed by atoms with Gasteiger partial charge in [-0.1, -0.05) is 12.1 Å². The van der Waals surface area contributed by atoms with E-state index >= 15 is 0 Å². The SMILES string of the molecule is C[C@H]1CN(C(=O)Nc2ccccc2C(F)(F)F)[C@@H](C)CO1. The van der Waals surface area contributed by atoms with Gasteiger partial charge >= 0.3 is 12.2 Å². The molecule has 1 aliphatic heterocycles. The molecule has 1 aromatic carbocycles. The van der Waals surface area contributed by atoms with Crippen molar-refractivity contribution in [3.05, 3.63) is 29.8 Å². The minimum absolute atomic E-state index is 0.134. The van der Waals surface area contributed by atoms with E-state index in [0.717, 1.165) is 6.07 Å². The lowest BCUT2D eigenvalue weighted by Crippen LogP contribution is -2.51. The Balaban J connectivity index is 2.16. The Labute approximate surface area is 120 Å². The Bertz CT molecular complexity index is 519. The fourth-order valence-electron chi connectivity index (χ4n) is 2.21. The van der Waals surface area contributed by atoms with Crippen molar-refractivity contribution in [1.82, 2.24) is 4.90 Å². The molecule has 1 saturated heterocycles. The first-order chi connectivity index (χ1) is 9.79. The maximum atomic E-state index is 12.9. The number of urea groups is 1. The Morgan fingerprint density at radius 1 is 1.33 bits per heavy atom. The first-order valence-electron chi connectivity index (χ1n) is 6.64. The zero-order chi connectivity index (χ0) is 15.6. The van der Waals surface area contributed by atoms with Gasteiger partial charge < -0.3 is 15.0 Å². The van der Waals surface area contributed by atoms with Crippen LogP contribution in [0.25, 0.3) is 0 Å². The van der Waals surface area contributed by atoms with Gasteiger partial charge in [-0.25, -0.2) is 4.79 Å². The summed E-state index contributed by atoms with van der Waals surface area (Å²) >= 11 is 0. The van der Waals surface area contributed by atoms with Gasteiger partial charge in [0.1, 0.15) is 0 Å². The lowest BCUT2D eigenvalue weighted by molar-refractivity contribution is -0.136. The number of benzene rings is 1. The molecule has 0 aromatic heterocycles. The summed E-state index contributed by atoms with van der Waals surface area (Å²) < 4.78 is 44.1. The average Bonchev–Trinajstić information content (AvgIpc) is 2.41. The number of hydrogen-bond acceptors (Lipinski definition) is 2. The number of amides is 2. The molecule has 2 rings (SSSR count). The van der Waals surface area contributed by atoms with Crippen LogP contribution in [0.3, 0.4) is 0 Å². The number of halogens is 3. The third-order valence-corrected chi connectivity index (χ3v) is 3.34. The number of carbonyl (C=O) groups excluding carboxylic acids is 1. The average molecular weight is 302 g/mol. The van der Waals surface area contributed by atoms with Crippen molar-refractivity contribution in [2.24, 2.45) is 0 Å². The van der Waals surface area contributed by atoms with Crippen LogP contribution in [0.15, 0.2) is 24.3 Å². The number of hydrogen-bond donors (Lipinski definition) is 1. The zero-order valence-electron chi connectivity index (χ0n) is 11.8. The van der Waals surface area contributed by atoms with Crippen LogP contribution < -0.4 is 5.32 Å². The highest BCUT2D eigenvalue weighted by Crippen LogP contribution is 2.34. The maximum Gasteiger partial charge on any atom is 0.418 e. The largest absolute Gasteiger partial charge is 0.418 e. The number of anilines is 1. The molecule has 0 bridgehead atoms. The highest BCUT2D eigenvalue weighted by molar-refractivity contribution is 5.90. The summed E-state index contributed by atoms with van der Waals surface area (Å²) in [6, 6.07) is 4.21. The number of alkyl halides is 3. The van der Waals surface area contributed by atoms with E-state index in [-0.39, 0.29) is 17.8 Å². The summed E-state index contributed by atoms with van der Waals surface area (Å²) in [6.07, 6.45) is -4.64. The van der Waals surface area contributed by atoms with E-state index in [1.165, 1.54) is 23.1 Å². The van der Waals surface area contributed by atoms with E-state index < -0.39 is 17.8 Å². The molecule has 1 aromatic rings. The molecule has 1 N–H and O–H groups in total. The van der Waals surface area contributed by atoms with E-state index in [0.29, 0.717) is 13.2 Å². The van der Waals surface area contributed by atoms with Gasteiger partial charge in [0.25, 0.3) is 0 Å². The van der Waals surface area contributed by atoms with Crippen LogP contribution in [-0.2, 0) is 10.9 Å². The molecule has 0 unspecified atom stereocenters. The number of rotatable bonds is 1. The zero-order valence-corrected chi connectivity index (χ0v) is 11.8. The Morgan fingerprint density at radius 3 is 2.67 bits per heavy atom. The Hall–Kier alpha value is -1.76. The lowest BCUT2D eigenvalue weighted by Gasteiger charge is -2.36. The minimum Gasteiger partial charge on any atom is -0.375 e. The first kappa shape index (κ1) is 15.6. The number of para-hydroxylation sites is 1. The van der Waals surface area contributed by atoms with Crippen molar-refractivity contribution in [3.8, 4) is 0 Å². The second-order valence-electron chi connectivity index (χ2n) is 5.12. The molecule has 116 valence electrons. The highest BCUT2D eigenvalue weighted by atomic mass is 19.4. The maximum absolute atomic E-state index is 12.9. The molecule has 1 fully saturated rings. The number of nitrogens with one attached hydrogen (secondary N) is 1. The summed E-state index contributed by atoms with van der Waals surface area (Å²) in [7, 11) is 0. The fraction of sp³-hybridized carbons (Fsp3) is 0.500. The third-order valence-electron chi connectivity index (χ3n) is 3.34. The molecule has 2 amide bonds. The van der Waals surface area contributed by atoms with Gasteiger partial charge in [-0.3, -0.25) is 0 Å². The van der Waals surface area contributed by atoms with Crippen molar-refractivity contribution in [3.63, 3.8) is 0 Å². The highest BCUT2D eigenvalue weighted by Gasteiger charge is 2.34. The second kappa shape index (κ2) is 5.93. The van der Waals surface area contributed by atoms with Crippen LogP contribution in [-0.4, -0.2) is 36.2 Å². The van der Waals surface area contributed by atoms with Crippen molar-refractivity contribution < 1.29 is 22.7 Å². The second-order valence-corrected chi connectivity index (χ2v) is 5.12. The molecule has 1 aliphatic rings. The van der Waals surface area contributed by atoms with E-state index in [4.69, 9.17) is 4.74 Å². The summed E-state index contributed by atoms with van der Waals surface area (Å²) in [4.78, 5) is 13.7. The Kier molecular flexibility index (Phi) is 4.41. The third kappa shape index (κ3) is 3.66. The number of morpholine rings is 1. The molecular weight excluding hydrogens is 285 g/mol. The number of nitrogens with zero attached hydrogens (tertiary/aromatic N) is 1. The van der Waals surface area contributed by atoms with Gasteiger partial charge in [0.15, 0.2) is 0 Å². The van der Waals surface area contributed by atoms with Gasteiger partial charge in [0.2, 0.25) is 0 Å². The monoisotopic (exact) mass is 302 g/mol. The smallest absolute Gasteiger partial charge is 0.375 e. The van der Waals surface area contributed by atoms with Crippen molar-refractivity contribution in [2.75, 3.05) is 18.5 Å². The van der Waals surface area contributed by atoms with Gasteiger partial charge in [-0.05, 0) is 26.0 Å². The quantitative estimate of drug-likeness (QED) is 0.864. The van der Waals surface area contributed by atoms with Crippen LogP contribution in [0.2, 0.25) is 0 Å². The predicted molar refractivity (Wildman–Crippen MR) is 72.0 cm³/mol. The van der Waals surface area contributed by atoms with Crippen LogP contribution >= 0.6 is 0 Å². The minimum atomic E-state index is -4.51. The van der Waals surface area contributed by atoms with Gasteiger partial charge in [-0.15, -0.1) is 0 Å². The summed E-state index contributed by atoms with van der Waals surface area (Å²) in [6.45, 7) is 4.33. The molecule has 21 heavy (non-hydrogen) atoms. The lowest BCUT2D eigenvalue weighted by atomic mass is 10.1. The van der Waals surface area contributed by atoms with Crippen LogP contribution in [0.4, 0.5) is 23.7 Å². The van der Waals surface area contributed by atoms with E-state index in [1.807, 2.05) is 6.92 Å². The summed E-state index contributed by atoms with van der Waals surface area (Å²) in [5, 5.41) is 2.35. The first-order valence-corrected chi connectivity index (χ1v) is 6.64. The molecule has 0 saturated carbocycles. The number of carbonyl (C=O) groups is 1. The van der Waals surface area contributed by atoms with E-state index in [9.17, 15) is 18.0 Å². The molecule has 4 nitrogen and oxygen atoms in total. The van der Waals surface area contributed by atoms with E-state index in [2.05, 4.69) is 5.32 Å². The summed E-state index contributed by atoms with van der Waals surface area (Å²) in [5.74, 6) is 0. The Morgan fingerprint density at radius 2 is 2.00 bits per heavy atom. The van der Waals surface area contributed by atoms with Gasteiger partial charge in [0, 0.05) is 6.54 Å². The fourth-order valence-corrected chi connectivity index (χ4v) is 2.21. The summed E-state index contributed by atoms with van der Waals surface area (Å²) in [5.41, 5.74) is -1.09. The van der Waals surface area contributed by atoms with Crippen LogP contribution in [0, 0.1) is 0 Å². The molecule has 0 radical (unpaired) electrons. The van der Waals surface area contributed by atoms with Crippen molar-refractivity contribution >= 4 is 11.7 Å². The molecular formula is C14H17F3N2O2. The van der Waals surface area contributed by atoms with Gasteiger partial charge in [-0.2, -0.15) is 13.2 Å². The number of ether oxygens (including phenoxy) is 1. The van der Waals surface area contributed by atoms with Crippen molar-refractivity contribution in [2.45, 2.75) is 32.2 Å². The van der Waals surface area contributed by atoms with Crippen molar-refractivity contribution in [1.29, 1.82) is 0 Å². The molecule has 0 spiro atoms. The molecule has 1 heterocycles. The van der Waals surface area contributed by atoms with Crippen LogP contribution in [0.5, 0.6) is 0 Å². The normalized spacial score (nSPS) is 23.0. The molecule has 0 aliphatic carbocycles. The molecule has 7 heteroatoms. The van der Waals surface area contributed by atoms with Gasteiger partial charge in [0.05, 0.1) is 30.0 Å². The predicted octanol–water partition coefficient (Wildman–Crippen LogP) is 3.35. The topological polar surface area (TPSA) is 41.6 Å².